The number of halogens is 1. The highest BCUT2D eigenvalue weighted by Crippen LogP contribution is 2.22. The van der Waals surface area contributed by atoms with E-state index in [0.29, 0.717) is 32.0 Å². The molecular weight excluding hydrogens is 237 g/mol. The van der Waals surface area contributed by atoms with E-state index in [1.165, 1.54) is 12.1 Å². The number of nitrogens with zero attached hydrogens (tertiary/aromatic N) is 1. The van der Waals surface area contributed by atoms with Crippen molar-refractivity contribution in [3.63, 3.8) is 0 Å². The number of hydrogen-bond acceptors (Lipinski definition) is 4. The van der Waals surface area contributed by atoms with Crippen LogP contribution in [0.25, 0.3) is 0 Å². The predicted octanol–water partition coefficient (Wildman–Crippen LogP) is 0.559. The zero-order valence-electron chi connectivity index (χ0n) is 9.99. The van der Waals surface area contributed by atoms with E-state index >= 15 is 0 Å². The molecule has 1 heterocycles. The molecule has 3 N–H and O–H groups in total. The maximum atomic E-state index is 13.5. The molecule has 1 fully saturated rings. The zero-order chi connectivity index (χ0) is 13.0. The van der Waals surface area contributed by atoms with Gasteiger partial charge in [-0.15, -0.1) is 0 Å². The molecule has 0 aliphatic carbocycles. The lowest BCUT2D eigenvalue weighted by atomic mass is 10.2. The van der Waals surface area contributed by atoms with Crippen molar-refractivity contribution < 1.29 is 13.9 Å². The van der Waals surface area contributed by atoms with Crippen LogP contribution in [0, 0.1) is 5.82 Å². The van der Waals surface area contributed by atoms with Crippen LogP contribution < -0.4 is 16.0 Å². The lowest BCUT2D eigenvalue weighted by molar-refractivity contribution is -0.114. The molecule has 0 bridgehead atoms. The highest BCUT2D eigenvalue weighted by Gasteiger charge is 2.13. The summed E-state index contributed by atoms with van der Waals surface area (Å²) in [7, 11) is 0. The second-order valence-corrected chi connectivity index (χ2v) is 4.05. The van der Waals surface area contributed by atoms with Gasteiger partial charge in [0.15, 0.2) is 0 Å². The van der Waals surface area contributed by atoms with Gasteiger partial charge in [0.1, 0.15) is 5.82 Å². The van der Waals surface area contributed by atoms with Gasteiger partial charge in [0.2, 0.25) is 5.91 Å². The van der Waals surface area contributed by atoms with Crippen LogP contribution in [0.5, 0.6) is 0 Å². The quantitative estimate of drug-likeness (QED) is 0.826. The van der Waals surface area contributed by atoms with Crippen molar-refractivity contribution in [3.05, 3.63) is 24.0 Å². The summed E-state index contributed by atoms with van der Waals surface area (Å²) in [5.74, 6) is -0.722. The van der Waals surface area contributed by atoms with Gasteiger partial charge >= 0.3 is 0 Å². The first kappa shape index (κ1) is 12.8. The summed E-state index contributed by atoms with van der Waals surface area (Å²) in [6.45, 7) is 2.56. The van der Waals surface area contributed by atoms with Crippen molar-refractivity contribution in [1.82, 2.24) is 0 Å². The SMILES string of the molecule is NCC(=O)Nc1cc(F)cc(N2CCOCC2)c1. The van der Waals surface area contributed by atoms with Gasteiger partial charge in [0, 0.05) is 24.5 Å². The maximum absolute atomic E-state index is 13.5. The molecule has 98 valence electrons. The van der Waals surface area contributed by atoms with Crippen molar-refractivity contribution in [2.24, 2.45) is 5.73 Å². The molecule has 1 aliphatic heterocycles. The summed E-state index contributed by atoms with van der Waals surface area (Å²) < 4.78 is 18.7. The van der Waals surface area contributed by atoms with Crippen molar-refractivity contribution in [1.29, 1.82) is 0 Å². The van der Waals surface area contributed by atoms with Gasteiger partial charge in [-0.25, -0.2) is 4.39 Å². The Morgan fingerprint density at radius 1 is 1.39 bits per heavy atom. The van der Waals surface area contributed by atoms with Crippen molar-refractivity contribution in [2.45, 2.75) is 0 Å². The molecule has 5 nitrogen and oxygen atoms in total. The topological polar surface area (TPSA) is 67.6 Å². The van der Waals surface area contributed by atoms with E-state index in [0.717, 1.165) is 5.69 Å². The zero-order valence-corrected chi connectivity index (χ0v) is 9.99. The van der Waals surface area contributed by atoms with Crippen LogP contribution in [-0.2, 0) is 9.53 Å². The third kappa shape index (κ3) is 3.18. The number of carbonyl (C=O) groups is 1. The molecule has 18 heavy (non-hydrogen) atoms. The number of hydrogen-bond donors (Lipinski definition) is 2. The first-order valence-electron chi connectivity index (χ1n) is 5.82. The Kier molecular flexibility index (Phi) is 4.11. The molecule has 0 aromatic heterocycles. The molecule has 0 spiro atoms. The largest absolute Gasteiger partial charge is 0.378 e. The van der Waals surface area contributed by atoms with Crippen LogP contribution in [0.15, 0.2) is 18.2 Å². The summed E-state index contributed by atoms with van der Waals surface area (Å²) in [5.41, 5.74) is 6.37. The van der Waals surface area contributed by atoms with E-state index in [4.69, 9.17) is 10.5 Å². The van der Waals surface area contributed by atoms with Crippen LogP contribution in [0.3, 0.4) is 0 Å². The van der Waals surface area contributed by atoms with Gasteiger partial charge in [-0.05, 0) is 18.2 Å². The molecule has 0 atom stereocenters. The van der Waals surface area contributed by atoms with E-state index in [9.17, 15) is 9.18 Å². The second kappa shape index (κ2) is 5.79. The molecule has 0 saturated carbocycles. The number of anilines is 2. The van der Waals surface area contributed by atoms with Gasteiger partial charge in [-0.3, -0.25) is 4.79 Å². The second-order valence-electron chi connectivity index (χ2n) is 4.05. The number of nitrogens with two attached hydrogens (primary N) is 1. The van der Waals surface area contributed by atoms with Crippen molar-refractivity contribution >= 4 is 17.3 Å². The standard InChI is InChI=1S/C12H16FN3O2/c13-9-5-10(15-12(17)8-14)7-11(6-9)16-1-3-18-4-2-16/h5-7H,1-4,8,14H2,(H,15,17). The molecule has 0 radical (unpaired) electrons. The fourth-order valence-corrected chi connectivity index (χ4v) is 1.86. The third-order valence-electron chi connectivity index (χ3n) is 2.73. The smallest absolute Gasteiger partial charge is 0.238 e. The number of benzene rings is 1. The molecule has 1 aliphatic rings. The highest BCUT2D eigenvalue weighted by molar-refractivity contribution is 5.92. The summed E-state index contributed by atoms with van der Waals surface area (Å²) >= 11 is 0. The molecular formula is C12H16FN3O2. The summed E-state index contributed by atoms with van der Waals surface area (Å²) in [6, 6.07) is 4.46. The molecule has 1 amide bonds. The van der Waals surface area contributed by atoms with Crippen LogP contribution in [0.1, 0.15) is 0 Å². The molecule has 0 unspecified atom stereocenters. The summed E-state index contributed by atoms with van der Waals surface area (Å²) in [4.78, 5) is 13.2. The van der Waals surface area contributed by atoms with Gasteiger partial charge in [0.05, 0.1) is 19.8 Å². The number of morpholine rings is 1. The average Bonchev–Trinajstić information content (AvgIpc) is 2.39. The van der Waals surface area contributed by atoms with Crippen LogP contribution in [0.2, 0.25) is 0 Å². The molecule has 2 rings (SSSR count). The molecule has 1 aromatic rings. The Morgan fingerprint density at radius 2 is 2.11 bits per heavy atom. The Balaban J connectivity index is 2.17. The highest BCUT2D eigenvalue weighted by atomic mass is 19.1. The van der Waals surface area contributed by atoms with Gasteiger partial charge in [-0.2, -0.15) is 0 Å². The number of amides is 1. The lowest BCUT2D eigenvalue weighted by Gasteiger charge is -2.29. The van der Waals surface area contributed by atoms with E-state index in [1.54, 1.807) is 6.07 Å². The van der Waals surface area contributed by atoms with E-state index in [1.807, 2.05) is 4.90 Å². The lowest BCUT2D eigenvalue weighted by Crippen LogP contribution is -2.36. The van der Waals surface area contributed by atoms with E-state index < -0.39 is 0 Å². The fraction of sp³-hybridized carbons (Fsp3) is 0.417. The average molecular weight is 253 g/mol. The molecule has 6 heteroatoms. The van der Waals surface area contributed by atoms with Crippen molar-refractivity contribution in [3.8, 4) is 0 Å². The Bertz CT molecular complexity index is 433. The molecule has 1 aromatic carbocycles. The van der Waals surface area contributed by atoms with E-state index in [-0.39, 0.29) is 18.3 Å². The number of nitrogens with one attached hydrogen (secondary N) is 1. The summed E-state index contributed by atoms with van der Waals surface area (Å²) in [5, 5.41) is 2.55. The normalized spacial score (nSPS) is 15.6. The number of rotatable bonds is 3. The first-order valence-corrected chi connectivity index (χ1v) is 5.82. The monoisotopic (exact) mass is 253 g/mol. The Morgan fingerprint density at radius 3 is 2.78 bits per heavy atom. The summed E-state index contributed by atoms with van der Waals surface area (Å²) in [6.07, 6.45) is 0. The van der Waals surface area contributed by atoms with Gasteiger partial charge < -0.3 is 20.7 Å². The van der Waals surface area contributed by atoms with Gasteiger partial charge in [-0.1, -0.05) is 0 Å². The third-order valence-corrected chi connectivity index (χ3v) is 2.73. The van der Waals surface area contributed by atoms with Gasteiger partial charge in [0.25, 0.3) is 0 Å². The predicted molar refractivity (Wildman–Crippen MR) is 67.1 cm³/mol. The van der Waals surface area contributed by atoms with Crippen LogP contribution in [0.4, 0.5) is 15.8 Å². The Labute approximate surface area is 105 Å². The minimum Gasteiger partial charge on any atom is -0.378 e. The number of carbonyl (C=O) groups excluding carboxylic acids is 1. The van der Waals surface area contributed by atoms with Crippen LogP contribution in [-0.4, -0.2) is 38.8 Å². The van der Waals surface area contributed by atoms with Crippen LogP contribution >= 0.6 is 0 Å². The minimum absolute atomic E-state index is 0.122. The fourth-order valence-electron chi connectivity index (χ4n) is 1.86. The van der Waals surface area contributed by atoms with E-state index in [2.05, 4.69) is 5.32 Å². The van der Waals surface area contributed by atoms with Crippen molar-refractivity contribution in [2.75, 3.05) is 43.1 Å². The Hall–Kier alpha value is -1.66. The maximum Gasteiger partial charge on any atom is 0.238 e. The first-order chi connectivity index (χ1) is 8.69. The molecule has 1 saturated heterocycles. The number of ether oxygens (including phenoxy) is 1. The minimum atomic E-state index is -0.383.